The van der Waals surface area contributed by atoms with Crippen LogP contribution in [0.5, 0.6) is 0 Å². The molecule has 3 aromatic rings. The van der Waals surface area contributed by atoms with Gasteiger partial charge >= 0.3 is 0 Å². The zero-order valence-electron chi connectivity index (χ0n) is 23.9. The van der Waals surface area contributed by atoms with Crippen LogP contribution < -0.4 is 10.0 Å². The Hall–Kier alpha value is -3.57. The van der Waals surface area contributed by atoms with E-state index in [4.69, 9.17) is 0 Å². The fraction of sp³-hybridized carbons (Fsp3) is 0.375. The van der Waals surface area contributed by atoms with Crippen molar-refractivity contribution in [2.75, 3.05) is 19.6 Å². The predicted molar refractivity (Wildman–Crippen MR) is 160 cm³/mol. The second kappa shape index (κ2) is 14.1. The van der Waals surface area contributed by atoms with Gasteiger partial charge in [-0.25, -0.2) is 13.1 Å². The molecular weight excluding hydrogens is 554 g/mol. The summed E-state index contributed by atoms with van der Waals surface area (Å²) in [5, 5.41) is 24.5. The lowest BCUT2D eigenvalue weighted by molar-refractivity contribution is -0.127. The van der Waals surface area contributed by atoms with Crippen molar-refractivity contribution in [3.63, 3.8) is 0 Å². The third-order valence-electron chi connectivity index (χ3n) is 7.73. The molecule has 42 heavy (non-hydrogen) atoms. The van der Waals surface area contributed by atoms with Crippen LogP contribution in [0.25, 0.3) is 0 Å². The summed E-state index contributed by atoms with van der Waals surface area (Å²) in [6, 6.07) is 22.1. The minimum Gasteiger partial charge on any atom is -0.392 e. The third kappa shape index (κ3) is 7.63. The summed E-state index contributed by atoms with van der Waals surface area (Å²) in [4.78, 5) is 27.6. The lowest BCUT2D eigenvalue weighted by Gasteiger charge is -2.24. The van der Waals surface area contributed by atoms with Gasteiger partial charge in [-0.1, -0.05) is 54.6 Å². The van der Waals surface area contributed by atoms with E-state index in [0.29, 0.717) is 31.5 Å². The molecule has 224 valence electrons. The number of aliphatic hydroxyl groups is 2. The first-order chi connectivity index (χ1) is 20.1. The number of carbonyl (C=O) groups excluding carboxylic acids is 2. The summed E-state index contributed by atoms with van der Waals surface area (Å²) in [5.74, 6) is -1.17. The smallest absolute Gasteiger partial charge is 0.253 e. The number of aliphatic hydroxyl groups excluding tert-OH is 2. The van der Waals surface area contributed by atoms with Crippen LogP contribution in [0.4, 0.5) is 0 Å². The summed E-state index contributed by atoms with van der Waals surface area (Å²) >= 11 is 0. The molecule has 0 fully saturated rings. The van der Waals surface area contributed by atoms with Crippen molar-refractivity contribution in [2.45, 2.75) is 56.3 Å². The summed E-state index contributed by atoms with van der Waals surface area (Å²) in [6.07, 6.45) is -1.12. The Kier molecular flexibility index (Phi) is 10.5. The SMILES string of the molecule is CCN(CC)C(=O)c1ccc(S(=O)(=O)NC[C@@H](O)C[C@@H](Cc2ccccc2)C(=O)N[C@H]2c3ccccc3C[C@H]2O)cc1. The number of nitrogens with zero attached hydrogens (tertiary/aromatic N) is 1. The number of nitrogens with one attached hydrogen (secondary N) is 2. The van der Waals surface area contributed by atoms with Crippen LogP contribution in [0.3, 0.4) is 0 Å². The number of benzene rings is 3. The maximum atomic E-state index is 13.5. The fourth-order valence-corrected chi connectivity index (χ4v) is 6.44. The molecule has 4 atom stereocenters. The van der Waals surface area contributed by atoms with E-state index in [-0.39, 0.29) is 29.7 Å². The van der Waals surface area contributed by atoms with Crippen LogP contribution in [-0.2, 0) is 27.7 Å². The highest BCUT2D eigenvalue weighted by molar-refractivity contribution is 7.89. The third-order valence-corrected chi connectivity index (χ3v) is 9.16. The highest BCUT2D eigenvalue weighted by Crippen LogP contribution is 2.32. The van der Waals surface area contributed by atoms with Gasteiger partial charge in [-0.15, -0.1) is 0 Å². The molecule has 2 amide bonds. The van der Waals surface area contributed by atoms with Crippen LogP contribution in [0.1, 0.15) is 53.4 Å². The van der Waals surface area contributed by atoms with Gasteiger partial charge in [0.2, 0.25) is 15.9 Å². The highest BCUT2D eigenvalue weighted by atomic mass is 32.2. The molecule has 0 aromatic heterocycles. The molecule has 0 saturated carbocycles. The number of hydrogen-bond acceptors (Lipinski definition) is 6. The average molecular weight is 594 g/mol. The lowest BCUT2D eigenvalue weighted by Crippen LogP contribution is -2.41. The first-order valence-electron chi connectivity index (χ1n) is 14.3. The fourth-order valence-electron chi connectivity index (χ4n) is 5.37. The monoisotopic (exact) mass is 593 g/mol. The number of fused-ring (bicyclic) bond motifs is 1. The van der Waals surface area contributed by atoms with E-state index in [1.165, 1.54) is 24.3 Å². The molecule has 3 aromatic carbocycles. The minimum atomic E-state index is -3.97. The first kappa shape index (κ1) is 31.4. The molecule has 0 bridgehead atoms. The van der Waals surface area contributed by atoms with Crippen molar-refractivity contribution in [2.24, 2.45) is 5.92 Å². The maximum Gasteiger partial charge on any atom is 0.253 e. The van der Waals surface area contributed by atoms with Crippen LogP contribution in [0.2, 0.25) is 0 Å². The Morgan fingerprint density at radius 1 is 0.952 bits per heavy atom. The first-order valence-corrected chi connectivity index (χ1v) is 15.8. The van der Waals surface area contributed by atoms with Crippen molar-refractivity contribution in [1.29, 1.82) is 0 Å². The van der Waals surface area contributed by atoms with Crippen LogP contribution in [0.15, 0.2) is 83.8 Å². The number of sulfonamides is 1. The van der Waals surface area contributed by atoms with E-state index in [9.17, 15) is 28.2 Å². The van der Waals surface area contributed by atoms with Gasteiger partial charge in [-0.2, -0.15) is 0 Å². The molecule has 4 rings (SSSR count). The van der Waals surface area contributed by atoms with E-state index >= 15 is 0 Å². The Morgan fingerprint density at radius 3 is 2.26 bits per heavy atom. The number of hydrogen-bond donors (Lipinski definition) is 4. The van der Waals surface area contributed by atoms with Gasteiger partial charge < -0.3 is 20.4 Å². The van der Waals surface area contributed by atoms with Gasteiger partial charge in [-0.3, -0.25) is 9.59 Å². The van der Waals surface area contributed by atoms with E-state index in [0.717, 1.165) is 16.7 Å². The zero-order chi connectivity index (χ0) is 30.3. The molecule has 0 unspecified atom stereocenters. The van der Waals surface area contributed by atoms with E-state index in [1.807, 2.05) is 68.4 Å². The van der Waals surface area contributed by atoms with E-state index < -0.39 is 34.2 Å². The second-order valence-corrected chi connectivity index (χ2v) is 12.4. The van der Waals surface area contributed by atoms with E-state index in [2.05, 4.69) is 10.0 Å². The van der Waals surface area contributed by atoms with Crippen molar-refractivity contribution in [1.82, 2.24) is 14.9 Å². The quantitative estimate of drug-likeness (QED) is 0.241. The average Bonchev–Trinajstić information content (AvgIpc) is 3.31. The van der Waals surface area contributed by atoms with Crippen LogP contribution in [0, 0.1) is 5.92 Å². The topological polar surface area (TPSA) is 136 Å². The van der Waals surface area contributed by atoms with Crippen molar-refractivity contribution < 1.29 is 28.2 Å². The van der Waals surface area contributed by atoms with E-state index in [1.54, 1.807) is 4.90 Å². The van der Waals surface area contributed by atoms with Gasteiger partial charge in [0, 0.05) is 37.5 Å². The van der Waals surface area contributed by atoms with Gasteiger partial charge in [0.25, 0.3) is 5.91 Å². The van der Waals surface area contributed by atoms with Crippen LogP contribution >= 0.6 is 0 Å². The molecule has 4 N–H and O–H groups in total. The molecular formula is C32H39N3O6S. The molecule has 1 aliphatic rings. The van der Waals surface area contributed by atoms with Crippen LogP contribution in [-0.4, -0.2) is 67.2 Å². The Labute approximate surface area is 247 Å². The van der Waals surface area contributed by atoms with Gasteiger partial charge in [-0.05, 0) is 67.6 Å². The van der Waals surface area contributed by atoms with Gasteiger partial charge in [0.15, 0.2) is 0 Å². The molecule has 0 radical (unpaired) electrons. The molecule has 9 nitrogen and oxygen atoms in total. The normalized spacial score (nSPS) is 17.7. The molecule has 10 heteroatoms. The second-order valence-electron chi connectivity index (χ2n) is 10.6. The largest absolute Gasteiger partial charge is 0.392 e. The summed E-state index contributed by atoms with van der Waals surface area (Å²) in [5.41, 5.74) is 3.14. The maximum absolute atomic E-state index is 13.5. The Balaban J connectivity index is 1.41. The number of amides is 2. The number of rotatable bonds is 13. The highest BCUT2D eigenvalue weighted by Gasteiger charge is 2.34. The van der Waals surface area contributed by atoms with Crippen molar-refractivity contribution in [3.05, 3.63) is 101 Å². The van der Waals surface area contributed by atoms with Crippen molar-refractivity contribution >= 4 is 21.8 Å². The predicted octanol–water partition coefficient (Wildman–Crippen LogP) is 2.83. The minimum absolute atomic E-state index is 0.00498. The van der Waals surface area contributed by atoms with Gasteiger partial charge in [0.1, 0.15) is 0 Å². The Bertz CT molecular complexity index is 1460. The van der Waals surface area contributed by atoms with Gasteiger partial charge in [0.05, 0.1) is 23.1 Å². The zero-order valence-corrected chi connectivity index (χ0v) is 24.8. The number of carbonyl (C=O) groups is 2. The molecule has 0 heterocycles. The van der Waals surface area contributed by atoms with Crippen molar-refractivity contribution in [3.8, 4) is 0 Å². The summed E-state index contributed by atoms with van der Waals surface area (Å²) < 4.78 is 28.3. The molecule has 1 aliphatic carbocycles. The molecule has 0 spiro atoms. The Morgan fingerprint density at radius 2 is 1.60 bits per heavy atom. The summed E-state index contributed by atoms with van der Waals surface area (Å²) in [6.45, 7) is 4.55. The lowest BCUT2D eigenvalue weighted by atomic mass is 9.92. The standard InChI is InChI=1S/C32H39N3O6S/c1-3-35(4-2)32(39)23-14-16-27(17-15-23)42(40,41)33-21-26(36)19-25(18-22-10-6-5-7-11-22)31(38)34-30-28-13-9-8-12-24(28)20-29(30)37/h5-17,25-26,29-30,33,36-37H,3-4,18-21H2,1-2H3,(H,34,38)/t25-,26+,29-,30+/m1/s1. The molecule has 0 saturated heterocycles. The summed E-state index contributed by atoms with van der Waals surface area (Å²) in [7, 11) is -3.97. The molecule has 0 aliphatic heterocycles.